The summed E-state index contributed by atoms with van der Waals surface area (Å²) in [5, 5.41) is 0. The van der Waals surface area contributed by atoms with Crippen molar-refractivity contribution in [2.45, 2.75) is 23.7 Å². The molecular formula is C19H20N2O3S. The average molecular weight is 356 g/mol. The van der Waals surface area contributed by atoms with Gasteiger partial charge in [0, 0.05) is 25.8 Å². The number of para-hydroxylation sites is 1. The summed E-state index contributed by atoms with van der Waals surface area (Å²) in [6.07, 6.45) is 0.512. The van der Waals surface area contributed by atoms with Crippen molar-refractivity contribution in [2.75, 3.05) is 25.0 Å². The second kappa shape index (κ2) is 5.41. The summed E-state index contributed by atoms with van der Waals surface area (Å²) in [6.45, 7) is 2.42. The van der Waals surface area contributed by atoms with Gasteiger partial charge in [-0.1, -0.05) is 30.3 Å². The van der Waals surface area contributed by atoms with Crippen LogP contribution in [0.4, 0.5) is 5.69 Å². The normalized spacial score (nSPS) is 23.4. The Bertz CT molecular complexity index is 970. The molecule has 25 heavy (non-hydrogen) atoms. The van der Waals surface area contributed by atoms with E-state index in [4.69, 9.17) is 0 Å². The molecule has 1 fully saturated rings. The lowest BCUT2D eigenvalue weighted by atomic mass is 9.81. The SMILES string of the molecule is Cc1cccc(S(=O)(=O)N2CCC3(C2)C(=O)N(C)c2ccccc23)c1. The maximum Gasteiger partial charge on any atom is 0.243 e. The number of hydrogen-bond acceptors (Lipinski definition) is 3. The number of likely N-dealkylation sites (N-methyl/N-ethyl adjacent to an activating group) is 1. The average Bonchev–Trinajstić information content (AvgIpc) is 3.14. The zero-order chi connectivity index (χ0) is 17.8. The van der Waals surface area contributed by atoms with Crippen LogP contribution in [-0.4, -0.2) is 38.8 Å². The van der Waals surface area contributed by atoms with Gasteiger partial charge in [0.15, 0.2) is 0 Å². The Morgan fingerprint density at radius 1 is 1.08 bits per heavy atom. The van der Waals surface area contributed by atoms with Gasteiger partial charge in [0.2, 0.25) is 15.9 Å². The number of amides is 1. The highest BCUT2D eigenvalue weighted by molar-refractivity contribution is 7.89. The molecule has 0 N–H and O–H groups in total. The van der Waals surface area contributed by atoms with Gasteiger partial charge in [0.1, 0.15) is 0 Å². The summed E-state index contributed by atoms with van der Waals surface area (Å²) in [4.78, 5) is 14.9. The topological polar surface area (TPSA) is 57.7 Å². The van der Waals surface area contributed by atoms with Crippen LogP contribution >= 0.6 is 0 Å². The summed E-state index contributed by atoms with van der Waals surface area (Å²) in [5.41, 5.74) is 1.95. The fraction of sp³-hybridized carbons (Fsp3) is 0.316. The number of hydrogen-bond donors (Lipinski definition) is 0. The largest absolute Gasteiger partial charge is 0.314 e. The fourth-order valence-corrected chi connectivity index (χ4v) is 5.62. The van der Waals surface area contributed by atoms with E-state index < -0.39 is 15.4 Å². The van der Waals surface area contributed by atoms with Crippen LogP contribution < -0.4 is 4.90 Å². The van der Waals surface area contributed by atoms with Crippen LogP contribution in [0.1, 0.15) is 17.5 Å². The molecule has 2 aliphatic rings. The molecule has 2 aromatic rings. The fourth-order valence-electron chi connectivity index (χ4n) is 4.02. The van der Waals surface area contributed by atoms with Gasteiger partial charge in [-0.05, 0) is 42.7 Å². The lowest BCUT2D eigenvalue weighted by Gasteiger charge is -2.23. The molecule has 2 aliphatic heterocycles. The third kappa shape index (κ3) is 2.24. The summed E-state index contributed by atoms with van der Waals surface area (Å²) >= 11 is 0. The second-order valence-electron chi connectivity index (χ2n) is 6.87. The van der Waals surface area contributed by atoms with Gasteiger partial charge in [-0.25, -0.2) is 8.42 Å². The second-order valence-corrected chi connectivity index (χ2v) is 8.81. The van der Waals surface area contributed by atoms with Crippen LogP contribution in [0.5, 0.6) is 0 Å². The molecular weight excluding hydrogens is 336 g/mol. The van der Waals surface area contributed by atoms with E-state index in [0.29, 0.717) is 13.0 Å². The molecule has 1 atom stereocenters. The molecule has 1 amide bonds. The maximum absolute atomic E-state index is 13.0. The minimum absolute atomic E-state index is 0.0179. The van der Waals surface area contributed by atoms with Gasteiger partial charge in [0.25, 0.3) is 0 Å². The maximum atomic E-state index is 13.0. The highest BCUT2D eigenvalue weighted by Gasteiger charge is 2.55. The summed E-state index contributed by atoms with van der Waals surface area (Å²) in [6, 6.07) is 14.6. The Morgan fingerprint density at radius 3 is 2.60 bits per heavy atom. The highest BCUT2D eigenvalue weighted by Crippen LogP contribution is 2.47. The van der Waals surface area contributed by atoms with Gasteiger partial charge in [-0.2, -0.15) is 4.31 Å². The lowest BCUT2D eigenvalue weighted by Crippen LogP contribution is -2.42. The molecule has 4 rings (SSSR count). The number of benzene rings is 2. The number of aryl methyl sites for hydroxylation is 1. The summed E-state index contributed by atoms with van der Waals surface area (Å²) in [5.74, 6) is -0.0179. The number of anilines is 1. The first kappa shape index (κ1) is 16.3. The smallest absolute Gasteiger partial charge is 0.243 e. The van der Waals surface area contributed by atoms with Crippen molar-refractivity contribution in [1.29, 1.82) is 0 Å². The zero-order valence-corrected chi connectivity index (χ0v) is 15.1. The van der Waals surface area contributed by atoms with E-state index in [9.17, 15) is 13.2 Å². The molecule has 6 heteroatoms. The Hall–Kier alpha value is -2.18. The third-order valence-electron chi connectivity index (χ3n) is 5.36. The molecule has 0 aliphatic carbocycles. The van der Waals surface area contributed by atoms with Crippen LogP contribution in [0.3, 0.4) is 0 Å². The van der Waals surface area contributed by atoms with Gasteiger partial charge in [-0.3, -0.25) is 4.79 Å². The molecule has 1 spiro atoms. The third-order valence-corrected chi connectivity index (χ3v) is 7.20. The van der Waals surface area contributed by atoms with Gasteiger partial charge in [0.05, 0.1) is 10.3 Å². The molecule has 2 aromatic carbocycles. The Morgan fingerprint density at radius 2 is 1.84 bits per heavy atom. The lowest BCUT2D eigenvalue weighted by molar-refractivity contribution is -0.122. The summed E-state index contributed by atoms with van der Waals surface area (Å²) in [7, 11) is -1.85. The quantitative estimate of drug-likeness (QED) is 0.830. The van der Waals surface area contributed by atoms with Crippen LogP contribution in [0.15, 0.2) is 53.4 Å². The molecule has 0 aromatic heterocycles. The van der Waals surface area contributed by atoms with E-state index in [2.05, 4.69) is 0 Å². The number of carbonyl (C=O) groups is 1. The van der Waals surface area contributed by atoms with Gasteiger partial charge in [-0.15, -0.1) is 0 Å². The van der Waals surface area contributed by atoms with E-state index in [1.807, 2.05) is 37.3 Å². The minimum Gasteiger partial charge on any atom is -0.314 e. The van der Waals surface area contributed by atoms with Crippen molar-refractivity contribution in [2.24, 2.45) is 0 Å². The Labute approximate surface area is 147 Å². The van der Waals surface area contributed by atoms with Crippen molar-refractivity contribution in [3.05, 3.63) is 59.7 Å². The van der Waals surface area contributed by atoms with Crippen LogP contribution in [0.2, 0.25) is 0 Å². The van der Waals surface area contributed by atoms with E-state index in [0.717, 1.165) is 16.8 Å². The Kier molecular flexibility index (Phi) is 3.53. The van der Waals surface area contributed by atoms with Crippen molar-refractivity contribution in [3.63, 3.8) is 0 Å². The van der Waals surface area contributed by atoms with E-state index >= 15 is 0 Å². The minimum atomic E-state index is -3.61. The molecule has 5 nitrogen and oxygen atoms in total. The predicted molar refractivity (Wildman–Crippen MR) is 96.1 cm³/mol. The standard InChI is InChI=1S/C19H20N2O3S/c1-14-6-5-7-15(12-14)25(23,24)21-11-10-19(13-21)16-8-3-4-9-17(16)20(2)18(19)22/h3-9,12H,10-11,13H2,1-2H3. The molecule has 2 heterocycles. The summed E-state index contributed by atoms with van der Waals surface area (Å²) < 4.78 is 27.5. The molecule has 0 bridgehead atoms. The van der Waals surface area contributed by atoms with Crippen molar-refractivity contribution in [1.82, 2.24) is 4.31 Å². The first-order valence-electron chi connectivity index (χ1n) is 8.31. The predicted octanol–water partition coefficient (Wildman–Crippen LogP) is 2.30. The van der Waals surface area contributed by atoms with Gasteiger partial charge < -0.3 is 4.90 Å². The van der Waals surface area contributed by atoms with E-state index in [1.54, 1.807) is 30.1 Å². The first-order chi connectivity index (χ1) is 11.9. The van der Waals surface area contributed by atoms with Crippen LogP contribution in [0.25, 0.3) is 0 Å². The number of fused-ring (bicyclic) bond motifs is 2. The van der Waals surface area contributed by atoms with E-state index in [-0.39, 0.29) is 17.3 Å². The number of carbonyl (C=O) groups excluding carboxylic acids is 1. The Balaban J connectivity index is 1.74. The number of sulfonamides is 1. The first-order valence-corrected chi connectivity index (χ1v) is 9.75. The molecule has 0 radical (unpaired) electrons. The zero-order valence-electron chi connectivity index (χ0n) is 14.3. The number of nitrogens with zero attached hydrogens (tertiary/aromatic N) is 2. The van der Waals surface area contributed by atoms with Crippen molar-refractivity contribution < 1.29 is 13.2 Å². The molecule has 1 unspecified atom stereocenters. The van der Waals surface area contributed by atoms with Gasteiger partial charge >= 0.3 is 0 Å². The van der Waals surface area contributed by atoms with E-state index in [1.165, 1.54) is 4.31 Å². The van der Waals surface area contributed by atoms with Crippen molar-refractivity contribution >= 4 is 21.6 Å². The number of rotatable bonds is 2. The monoisotopic (exact) mass is 356 g/mol. The molecule has 1 saturated heterocycles. The molecule has 0 saturated carbocycles. The van der Waals surface area contributed by atoms with Crippen LogP contribution in [0, 0.1) is 6.92 Å². The highest BCUT2D eigenvalue weighted by atomic mass is 32.2. The van der Waals surface area contributed by atoms with Crippen LogP contribution in [-0.2, 0) is 20.2 Å². The van der Waals surface area contributed by atoms with Crippen molar-refractivity contribution in [3.8, 4) is 0 Å². The molecule has 130 valence electrons.